The summed E-state index contributed by atoms with van der Waals surface area (Å²) in [6, 6.07) is 10.1. The van der Waals surface area contributed by atoms with E-state index in [-0.39, 0.29) is 18.3 Å². The van der Waals surface area contributed by atoms with E-state index in [9.17, 15) is 4.79 Å². The zero-order chi connectivity index (χ0) is 13.5. The van der Waals surface area contributed by atoms with E-state index in [0.717, 1.165) is 22.7 Å². The van der Waals surface area contributed by atoms with Crippen LogP contribution >= 0.6 is 23.7 Å². The molecule has 3 N–H and O–H groups in total. The summed E-state index contributed by atoms with van der Waals surface area (Å²) in [6.07, 6.45) is 1.13. The van der Waals surface area contributed by atoms with Gasteiger partial charge < -0.3 is 11.1 Å². The Bertz CT molecular complexity index is 530. The first-order chi connectivity index (χ1) is 9.29. The number of amides is 1. The summed E-state index contributed by atoms with van der Waals surface area (Å²) < 4.78 is 0. The average Bonchev–Trinajstić information content (AvgIpc) is 2.89. The first-order valence-electron chi connectivity index (χ1n) is 6.26. The maximum Gasteiger partial charge on any atom is 0.221 e. The third kappa shape index (κ3) is 4.92. The third-order valence-electron chi connectivity index (χ3n) is 2.65. The van der Waals surface area contributed by atoms with Crippen molar-refractivity contribution in [1.82, 2.24) is 10.3 Å². The summed E-state index contributed by atoms with van der Waals surface area (Å²) in [7, 11) is 0. The van der Waals surface area contributed by atoms with E-state index < -0.39 is 0 Å². The maximum atomic E-state index is 11.3. The fourth-order valence-corrected chi connectivity index (χ4v) is 2.54. The molecule has 0 fully saturated rings. The molecule has 0 atom stereocenters. The van der Waals surface area contributed by atoms with Crippen LogP contribution in [0.2, 0.25) is 0 Å². The number of benzene rings is 1. The Morgan fingerprint density at radius 2 is 2.05 bits per heavy atom. The largest absolute Gasteiger partial charge is 0.356 e. The molecular weight excluding hydrogens is 294 g/mol. The minimum absolute atomic E-state index is 0. The number of nitrogens with one attached hydrogen (secondary N) is 1. The number of hydrogen-bond donors (Lipinski definition) is 2. The summed E-state index contributed by atoms with van der Waals surface area (Å²) in [6.45, 7) is 0.998. The second-order valence-corrected chi connectivity index (χ2v) is 5.01. The highest BCUT2D eigenvalue weighted by atomic mass is 35.5. The predicted molar refractivity (Wildman–Crippen MR) is 85.2 cm³/mol. The van der Waals surface area contributed by atoms with Crippen molar-refractivity contribution < 1.29 is 4.79 Å². The summed E-state index contributed by atoms with van der Waals surface area (Å²) in [5.74, 6) is 0.000937. The standard InChI is InChI=1S/C14H17N3OS.ClH/c15-8-6-13(18)16-9-7-12-10-19-14(17-12)11-4-2-1-3-5-11;/h1-5,10H,6-9,15H2,(H,16,18);1H. The van der Waals surface area contributed by atoms with E-state index >= 15 is 0 Å². The number of aromatic nitrogens is 1. The predicted octanol–water partition coefficient (Wildman–Crippen LogP) is 2.24. The van der Waals surface area contributed by atoms with Crippen LogP contribution in [0.15, 0.2) is 35.7 Å². The van der Waals surface area contributed by atoms with Crippen LogP contribution in [0.4, 0.5) is 0 Å². The zero-order valence-corrected chi connectivity index (χ0v) is 12.7. The topological polar surface area (TPSA) is 68.0 Å². The monoisotopic (exact) mass is 311 g/mol. The lowest BCUT2D eigenvalue weighted by Crippen LogP contribution is -2.27. The van der Waals surface area contributed by atoms with Crippen LogP contribution in [0.5, 0.6) is 0 Å². The van der Waals surface area contributed by atoms with E-state index in [1.807, 2.05) is 35.7 Å². The second-order valence-electron chi connectivity index (χ2n) is 4.15. The Kier molecular flexibility index (Phi) is 7.22. The highest BCUT2D eigenvalue weighted by Crippen LogP contribution is 2.23. The smallest absolute Gasteiger partial charge is 0.221 e. The van der Waals surface area contributed by atoms with Gasteiger partial charge in [-0.25, -0.2) is 4.98 Å². The summed E-state index contributed by atoms with van der Waals surface area (Å²) in [4.78, 5) is 15.8. The van der Waals surface area contributed by atoms with E-state index in [4.69, 9.17) is 5.73 Å². The molecule has 0 aliphatic carbocycles. The van der Waals surface area contributed by atoms with Crippen molar-refractivity contribution in [1.29, 1.82) is 0 Å². The number of nitrogens with two attached hydrogens (primary N) is 1. The number of carbonyl (C=O) groups is 1. The molecule has 1 aromatic heterocycles. The number of carbonyl (C=O) groups excluding carboxylic acids is 1. The number of halogens is 1. The Morgan fingerprint density at radius 3 is 2.75 bits per heavy atom. The highest BCUT2D eigenvalue weighted by molar-refractivity contribution is 7.13. The first-order valence-corrected chi connectivity index (χ1v) is 7.14. The van der Waals surface area contributed by atoms with Crippen LogP contribution in [0.25, 0.3) is 10.6 Å². The van der Waals surface area contributed by atoms with Crippen LogP contribution in [-0.2, 0) is 11.2 Å². The Morgan fingerprint density at radius 1 is 1.30 bits per heavy atom. The summed E-state index contributed by atoms with van der Waals surface area (Å²) >= 11 is 1.63. The number of nitrogens with zero attached hydrogens (tertiary/aromatic N) is 1. The number of rotatable bonds is 6. The molecule has 2 rings (SSSR count). The first kappa shape index (κ1) is 16.6. The summed E-state index contributed by atoms with van der Waals surface area (Å²) in [5.41, 5.74) is 7.45. The molecule has 0 saturated heterocycles. The third-order valence-corrected chi connectivity index (χ3v) is 3.59. The minimum Gasteiger partial charge on any atom is -0.356 e. The average molecular weight is 312 g/mol. The normalized spacial score (nSPS) is 9.85. The van der Waals surface area contributed by atoms with E-state index in [1.165, 1.54) is 0 Å². The second kappa shape index (κ2) is 8.68. The van der Waals surface area contributed by atoms with E-state index in [0.29, 0.717) is 19.5 Å². The van der Waals surface area contributed by atoms with Crippen molar-refractivity contribution in [3.63, 3.8) is 0 Å². The van der Waals surface area contributed by atoms with Gasteiger partial charge in [0, 0.05) is 36.9 Å². The fourth-order valence-electron chi connectivity index (χ4n) is 1.68. The van der Waals surface area contributed by atoms with Crippen molar-refractivity contribution in [2.45, 2.75) is 12.8 Å². The van der Waals surface area contributed by atoms with Crippen LogP contribution in [-0.4, -0.2) is 24.0 Å². The van der Waals surface area contributed by atoms with Crippen molar-refractivity contribution in [3.05, 3.63) is 41.4 Å². The molecule has 1 aromatic carbocycles. The van der Waals surface area contributed by atoms with Gasteiger partial charge in [-0.2, -0.15) is 0 Å². The number of hydrogen-bond acceptors (Lipinski definition) is 4. The van der Waals surface area contributed by atoms with Crippen molar-refractivity contribution in [2.24, 2.45) is 5.73 Å². The van der Waals surface area contributed by atoms with Gasteiger partial charge in [-0.1, -0.05) is 30.3 Å². The van der Waals surface area contributed by atoms with Crippen molar-refractivity contribution in [2.75, 3.05) is 13.1 Å². The molecule has 0 aliphatic heterocycles. The molecule has 1 amide bonds. The maximum absolute atomic E-state index is 11.3. The van der Waals surface area contributed by atoms with Crippen LogP contribution in [0.1, 0.15) is 12.1 Å². The molecule has 4 nitrogen and oxygen atoms in total. The van der Waals surface area contributed by atoms with Gasteiger partial charge in [0.25, 0.3) is 0 Å². The van der Waals surface area contributed by atoms with Gasteiger partial charge in [0.2, 0.25) is 5.91 Å². The Balaban J connectivity index is 0.00000200. The lowest BCUT2D eigenvalue weighted by molar-refractivity contribution is -0.120. The highest BCUT2D eigenvalue weighted by Gasteiger charge is 2.05. The Hall–Kier alpha value is -1.43. The van der Waals surface area contributed by atoms with E-state index in [1.54, 1.807) is 11.3 Å². The van der Waals surface area contributed by atoms with Gasteiger partial charge in [0.05, 0.1) is 5.69 Å². The van der Waals surface area contributed by atoms with Gasteiger partial charge in [-0.05, 0) is 0 Å². The Labute approximate surface area is 128 Å². The van der Waals surface area contributed by atoms with Gasteiger partial charge in [-0.15, -0.1) is 23.7 Å². The molecule has 108 valence electrons. The minimum atomic E-state index is 0. The van der Waals surface area contributed by atoms with Crippen molar-refractivity contribution >= 4 is 29.7 Å². The molecular formula is C14H18ClN3OS. The molecule has 0 aliphatic rings. The molecule has 1 heterocycles. The molecule has 6 heteroatoms. The van der Waals surface area contributed by atoms with E-state index in [2.05, 4.69) is 10.3 Å². The quantitative estimate of drug-likeness (QED) is 0.859. The molecule has 2 aromatic rings. The molecule has 20 heavy (non-hydrogen) atoms. The summed E-state index contributed by atoms with van der Waals surface area (Å²) in [5, 5.41) is 5.88. The molecule has 0 unspecified atom stereocenters. The SMILES string of the molecule is Cl.NCCC(=O)NCCc1csc(-c2ccccc2)n1. The molecule has 0 bridgehead atoms. The van der Waals surface area contributed by atoms with Gasteiger partial charge in [0.15, 0.2) is 0 Å². The lowest BCUT2D eigenvalue weighted by atomic mass is 10.2. The van der Waals surface area contributed by atoms with Crippen LogP contribution in [0, 0.1) is 0 Å². The lowest BCUT2D eigenvalue weighted by Gasteiger charge is -2.01. The van der Waals surface area contributed by atoms with Gasteiger partial charge >= 0.3 is 0 Å². The van der Waals surface area contributed by atoms with Crippen molar-refractivity contribution in [3.8, 4) is 10.6 Å². The zero-order valence-electron chi connectivity index (χ0n) is 11.0. The fraction of sp³-hybridized carbons (Fsp3) is 0.286. The van der Waals surface area contributed by atoms with Crippen LogP contribution in [0.3, 0.4) is 0 Å². The number of thiazole rings is 1. The molecule has 0 saturated carbocycles. The molecule has 0 radical (unpaired) electrons. The van der Waals surface area contributed by atoms with Crippen LogP contribution < -0.4 is 11.1 Å². The van der Waals surface area contributed by atoms with Gasteiger partial charge in [-0.3, -0.25) is 4.79 Å². The molecule has 0 spiro atoms. The van der Waals surface area contributed by atoms with Gasteiger partial charge in [0.1, 0.15) is 5.01 Å².